The van der Waals surface area contributed by atoms with Gasteiger partial charge in [0.2, 0.25) is 5.91 Å². The highest BCUT2D eigenvalue weighted by atomic mass is 16.5. The first-order valence-electron chi connectivity index (χ1n) is 7.50. The number of hydrogen-bond acceptors (Lipinski definition) is 3. The van der Waals surface area contributed by atoms with E-state index in [1.54, 1.807) is 0 Å². The Kier molecular flexibility index (Phi) is 4.33. The summed E-state index contributed by atoms with van der Waals surface area (Å²) in [5.74, 6) is 0.155. The van der Waals surface area contributed by atoms with Gasteiger partial charge < -0.3 is 10.1 Å². The number of benzene rings is 1. The maximum atomic E-state index is 12.2. The normalized spacial score (nSPS) is 26.2. The predicted molar refractivity (Wildman–Crippen MR) is 77.2 cm³/mol. The molecular weight excluding hydrogens is 252 g/mol. The van der Waals surface area contributed by atoms with Gasteiger partial charge in [0, 0.05) is 26.2 Å². The Bertz CT molecular complexity index is 443. The average molecular weight is 274 g/mol. The van der Waals surface area contributed by atoms with Crippen molar-refractivity contribution in [2.75, 3.05) is 19.7 Å². The van der Waals surface area contributed by atoms with Gasteiger partial charge in [-0.2, -0.15) is 0 Å². The smallest absolute Gasteiger partial charge is 0.237 e. The third kappa shape index (κ3) is 3.19. The van der Waals surface area contributed by atoms with Crippen molar-refractivity contribution >= 4 is 5.91 Å². The Balaban J connectivity index is 1.46. The first-order valence-corrected chi connectivity index (χ1v) is 7.50. The van der Waals surface area contributed by atoms with Crippen molar-refractivity contribution in [3.05, 3.63) is 35.9 Å². The lowest BCUT2D eigenvalue weighted by Gasteiger charge is -2.39. The number of carbonyl (C=O) groups is 1. The third-order valence-corrected chi connectivity index (χ3v) is 4.19. The lowest BCUT2D eigenvalue weighted by atomic mass is 10.0. The zero-order valence-electron chi connectivity index (χ0n) is 11.8. The van der Waals surface area contributed by atoms with Crippen LogP contribution >= 0.6 is 0 Å². The topological polar surface area (TPSA) is 41.6 Å². The molecule has 2 saturated heterocycles. The van der Waals surface area contributed by atoms with Crippen LogP contribution in [0, 0.1) is 0 Å². The highest BCUT2D eigenvalue weighted by molar-refractivity contribution is 5.82. The maximum absolute atomic E-state index is 12.2. The molecule has 1 amide bonds. The van der Waals surface area contributed by atoms with Crippen molar-refractivity contribution in [2.24, 2.45) is 0 Å². The summed E-state index contributed by atoms with van der Waals surface area (Å²) >= 11 is 0. The number of nitrogens with one attached hydrogen (secondary N) is 1. The summed E-state index contributed by atoms with van der Waals surface area (Å²) in [5, 5.41) is 3.04. The number of carbonyl (C=O) groups excluding carboxylic acids is 1. The zero-order valence-corrected chi connectivity index (χ0v) is 11.8. The number of amides is 1. The third-order valence-electron chi connectivity index (χ3n) is 4.19. The average Bonchev–Trinajstić information content (AvgIpc) is 2.96. The molecule has 1 aromatic rings. The molecule has 2 fully saturated rings. The molecule has 0 aromatic heterocycles. The molecule has 108 valence electrons. The van der Waals surface area contributed by atoms with Crippen LogP contribution in [0.25, 0.3) is 0 Å². The van der Waals surface area contributed by atoms with Crippen molar-refractivity contribution in [2.45, 2.75) is 38.0 Å². The van der Waals surface area contributed by atoms with Gasteiger partial charge in [-0.05, 0) is 24.8 Å². The van der Waals surface area contributed by atoms with Gasteiger partial charge in [0.15, 0.2) is 0 Å². The lowest BCUT2D eigenvalue weighted by molar-refractivity contribution is -0.131. The van der Waals surface area contributed by atoms with Crippen molar-refractivity contribution in [1.82, 2.24) is 10.2 Å². The van der Waals surface area contributed by atoms with E-state index in [4.69, 9.17) is 4.74 Å². The number of likely N-dealkylation sites (tertiary alicyclic amines) is 1. The van der Waals surface area contributed by atoms with Crippen LogP contribution < -0.4 is 5.32 Å². The van der Waals surface area contributed by atoms with E-state index in [2.05, 4.69) is 22.3 Å². The molecule has 3 rings (SSSR count). The van der Waals surface area contributed by atoms with E-state index >= 15 is 0 Å². The van der Waals surface area contributed by atoms with Crippen molar-refractivity contribution in [3.63, 3.8) is 0 Å². The molecular formula is C16H22N2O2. The first kappa shape index (κ1) is 13.6. The Labute approximate surface area is 120 Å². The van der Waals surface area contributed by atoms with E-state index in [0.717, 1.165) is 39.0 Å². The number of ether oxygens (including phenoxy) is 1. The quantitative estimate of drug-likeness (QED) is 0.886. The molecule has 2 aliphatic rings. The van der Waals surface area contributed by atoms with Gasteiger partial charge >= 0.3 is 0 Å². The highest BCUT2D eigenvalue weighted by Crippen LogP contribution is 2.20. The Morgan fingerprint density at radius 1 is 1.30 bits per heavy atom. The van der Waals surface area contributed by atoms with Crippen LogP contribution in [-0.4, -0.2) is 42.6 Å². The summed E-state index contributed by atoms with van der Waals surface area (Å²) in [5.41, 5.74) is 1.27. The van der Waals surface area contributed by atoms with Crippen molar-refractivity contribution < 1.29 is 9.53 Å². The maximum Gasteiger partial charge on any atom is 0.237 e. The standard InChI is InChI=1S/C16H22N2O2/c19-16(17-11-14-7-4-10-20-14)15-8-9-18(15)12-13-5-2-1-3-6-13/h1-3,5-6,14-15H,4,7-12H2,(H,17,19)/t14-,15+/m1/s1. The second kappa shape index (κ2) is 6.37. The number of hydrogen-bond donors (Lipinski definition) is 1. The molecule has 2 heterocycles. The minimum absolute atomic E-state index is 0.0385. The van der Waals surface area contributed by atoms with E-state index in [1.165, 1.54) is 5.56 Å². The first-order chi connectivity index (χ1) is 9.83. The molecule has 20 heavy (non-hydrogen) atoms. The number of rotatable bonds is 5. The molecule has 0 bridgehead atoms. The molecule has 2 atom stereocenters. The summed E-state index contributed by atoms with van der Waals surface area (Å²) in [6, 6.07) is 10.4. The fourth-order valence-corrected chi connectivity index (χ4v) is 2.88. The zero-order chi connectivity index (χ0) is 13.8. The molecule has 0 saturated carbocycles. The van der Waals surface area contributed by atoms with Gasteiger partial charge in [-0.15, -0.1) is 0 Å². The summed E-state index contributed by atoms with van der Waals surface area (Å²) in [7, 11) is 0. The lowest BCUT2D eigenvalue weighted by Crippen LogP contribution is -2.56. The van der Waals surface area contributed by atoms with Gasteiger partial charge in [-0.3, -0.25) is 9.69 Å². The van der Waals surface area contributed by atoms with Crippen LogP contribution in [0.15, 0.2) is 30.3 Å². The van der Waals surface area contributed by atoms with E-state index in [0.29, 0.717) is 6.54 Å². The molecule has 2 aliphatic heterocycles. The minimum atomic E-state index is 0.0385. The van der Waals surface area contributed by atoms with E-state index < -0.39 is 0 Å². The van der Waals surface area contributed by atoms with Gasteiger partial charge in [0.1, 0.15) is 0 Å². The van der Waals surface area contributed by atoms with E-state index in [-0.39, 0.29) is 18.1 Å². The summed E-state index contributed by atoms with van der Waals surface area (Å²) < 4.78 is 5.53. The Hall–Kier alpha value is -1.39. The van der Waals surface area contributed by atoms with Crippen LogP contribution in [0.1, 0.15) is 24.8 Å². The Morgan fingerprint density at radius 2 is 2.15 bits per heavy atom. The predicted octanol–water partition coefficient (Wildman–Crippen LogP) is 1.56. The minimum Gasteiger partial charge on any atom is -0.376 e. The Morgan fingerprint density at radius 3 is 2.80 bits per heavy atom. The van der Waals surface area contributed by atoms with Crippen LogP contribution in [-0.2, 0) is 16.1 Å². The summed E-state index contributed by atoms with van der Waals surface area (Å²) in [4.78, 5) is 14.4. The van der Waals surface area contributed by atoms with Crippen LogP contribution in [0.4, 0.5) is 0 Å². The van der Waals surface area contributed by atoms with Gasteiger partial charge in [0.05, 0.1) is 12.1 Å². The number of nitrogens with zero attached hydrogens (tertiary/aromatic N) is 1. The molecule has 4 nitrogen and oxygen atoms in total. The van der Waals surface area contributed by atoms with Crippen LogP contribution in [0.3, 0.4) is 0 Å². The molecule has 1 N–H and O–H groups in total. The highest BCUT2D eigenvalue weighted by Gasteiger charge is 2.34. The second-order valence-electron chi connectivity index (χ2n) is 5.64. The largest absolute Gasteiger partial charge is 0.376 e. The molecule has 4 heteroatoms. The van der Waals surface area contributed by atoms with Gasteiger partial charge in [-0.1, -0.05) is 30.3 Å². The molecule has 0 radical (unpaired) electrons. The van der Waals surface area contributed by atoms with E-state index in [1.807, 2.05) is 18.2 Å². The monoisotopic (exact) mass is 274 g/mol. The fourth-order valence-electron chi connectivity index (χ4n) is 2.88. The van der Waals surface area contributed by atoms with Crippen molar-refractivity contribution in [3.8, 4) is 0 Å². The second-order valence-corrected chi connectivity index (χ2v) is 5.64. The van der Waals surface area contributed by atoms with E-state index in [9.17, 15) is 4.79 Å². The molecule has 0 aliphatic carbocycles. The SMILES string of the molecule is O=C(NC[C@H]1CCCO1)[C@@H]1CCN1Cc1ccccc1. The molecule has 0 spiro atoms. The van der Waals surface area contributed by atoms with Gasteiger partial charge in [-0.25, -0.2) is 0 Å². The summed E-state index contributed by atoms with van der Waals surface area (Å²) in [6.07, 6.45) is 3.37. The molecule has 1 aromatic carbocycles. The van der Waals surface area contributed by atoms with Crippen LogP contribution in [0.5, 0.6) is 0 Å². The fraction of sp³-hybridized carbons (Fsp3) is 0.562. The van der Waals surface area contributed by atoms with Crippen LogP contribution in [0.2, 0.25) is 0 Å². The van der Waals surface area contributed by atoms with Gasteiger partial charge in [0.25, 0.3) is 0 Å². The summed E-state index contributed by atoms with van der Waals surface area (Å²) in [6.45, 7) is 3.37. The molecule has 0 unspecified atom stereocenters. The van der Waals surface area contributed by atoms with Crippen molar-refractivity contribution in [1.29, 1.82) is 0 Å².